The molecule has 0 atom stereocenters. The Labute approximate surface area is 111 Å². The lowest BCUT2D eigenvalue weighted by Crippen LogP contribution is -1.88. The number of rotatable bonds is 2. The lowest BCUT2D eigenvalue weighted by atomic mass is 10.1. The highest BCUT2D eigenvalue weighted by Crippen LogP contribution is 2.34. The minimum absolute atomic E-state index is 0.0427. The number of hydrogen-bond acceptors (Lipinski definition) is 4. The second-order valence-electron chi connectivity index (χ2n) is 3.78. The van der Waals surface area contributed by atoms with Crippen LogP contribution in [0.15, 0.2) is 35.1 Å². The molecule has 2 aromatic heterocycles. The normalized spacial score (nSPS) is 11.4. The van der Waals surface area contributed by atoms with Crippen LogP contribution in [-0.4, -0.2) is 15.1 Å². The number of aromatic nitrogens is 3. The van der Waals surface area contributed by atoms with Gasteiger partial charge in [0.2, 0.25) is 5.82 Å². The van der Waals surface area contributed by atoms with Crippen LogP contribution in [0.1, 0.15) is 12.2 Å². The van der Waals surface area contributed by atoms with E-state index in [2.05, 4.69) is 15.1 Å². The lowest BCUT2D eigenvalue weighted by Gasteiger charge is -2.03. The summed E-state index contributed by atoms with van der Waals surface area (Å²) in [7, 11) is 0. The van der Waals surface area contributed by atoms with Crippen LogP contribution in [0.2, 0.25) is 5.02 Å². The van der Waals surface area contributed by atoms with Crippen LogP contribution in [0.4, 0.5) is 8.78 Å². The molecular weight excluding hydrogens is 276 g/mol. The van der Waals surface area contributed by atoms with Gasteiger partial charge in [0, 0.05) is 17.8 Å². The molecule has 0 amide bonds. The smallest absolute Gasteiger partial charge is 0.300 e. The highest BCUT2D eigenvalue weighted by molar-refractivity contribution is 6.34. The minimum atomic E-state index is -2.79. The number of hydrogen-bond donors (Lipinski definition) is 0. The third-order valence-electron chi connectivity index (χ3n) is 2.62. The molecule has 3 rings (SSSR count). The Morgan fingerprint density at radius 1 is 1.21 bits per heavy atom. The van der Waals surface area contributed by atoms with Gasteiger partial charge in [-0.25, -0.2) is 8.78 Å². The average molecular weight is 282 g/mol. The summed E-state index contributed by atoms with van der Waals surface area (Å²) in [5.74, 6) is -0.703. The molecule has 0 aliphatic rings. The molecule has 1 aromatic carbocycles. The van der Waals surface area contributed by atoms with E-state index in [0.717, 1.165) is 5.39 Å². The van der Waals surface area contributed by atoms with Crippen molar-refractivity contribution in [3.05, 3.63) is 41.4 Å². The molecular formula is C12H6ClF2N3O. The van der Waals surface area contributed by atoms with E-state index in [9.17, 15) is 8.78 Å². The molecule has 2 heterocycles. The summed E-state index contributed by atoms with van der Waals surface area (Å²) >= 11 is 6.08. The van der Waals surface area contributed by atoms with E-state index in [0.29, 0.717) is 16.0 Å². The molecule has 0 radical (unpaired) electrons. The molecule has 96 valence electrons. The highest BCUT2D eigenvalue weighted by atomic mass is 35.5. The maximum Gasteiger partial charge on any atom is 0.300 e. The number of alkyl halides is 2. The molecule has 3 aromatic rings. The van der Waals surface area contributed by atoms with Crippen molar-refractivity contribution in [3.63, 3.8) is 0 Å². The largest absolute Gasteiger partial charge is 0.334 e. The molecule has 0 aliphatic carbocycles. The molecule has 4 nitrogen and oxygen atoms in total. The predicted octanol–water partition coefficient (Wildman–Crippen LogP) is 3.88. The first kappa shape index (κ1) is 12.0. The monoisotopic (exact) mass is 281 g/mol. The van der Waals surface area contributed by atoms with Crippen molar-refractivity contribution in [1.82, 2.24) is 15.1 Å². The van der Waals surface area contributed by atoms with Gasteiger partial charge in [-0.1, -0.05) is 22.8 Å². The van der Waals surface area contributed by atoms with Gasteiger partial charge in [0.05, 0.1) is 10.6 Å². The minimum Gasteiger partial charge on any atom is -0.334 e. The summed E-state index contributed by atoms with van der Waals surface area (Å²) < 4.78 is 29.8. The first-order chi connectivity index (χ1) is 9.16. The maximum atomic E-state index is 12.5. The Hall–Kier alpha value is -2.08. The van der Waals surface area contributed by atoms with Crippen molar-refractivity contribution >= 4 is 22.4 Å². The van der Waals surface area contributed by atoms with Gasteiger partial charge in [0.25, 0.3) is 5.89 Å². The van der Waals surface area contributed by atoms with Crippen LogP contribution >= 0.6 is 11.6 Å². The van der Waals surface area contributed by atoms with Crippen LogP contribution in [-0.2, 0) is 0 Å². The third kappa shape index (κ3) is 2.04. The van der Waals surface area contributed by atoms with Gasteiger partial charge in [-0.05, 0) is 17.5 Å². The number of benzene rings is 1. The summed E-state index contributed by atoms with van der Waals surface area (Å²) in [6.45, 7) is 0. The summed E-state index contributed by atoms with van der Waals surface area (Å²) in [4.78, 5) is 7.64. The number of halogens is 3. The highest BCUT2D eigenvalue weighted by Gasteiger charge is 2.20. The molecule has 0 aliphatic heterocycles. The molecule has 0 spiro atoms. The maximum absolute atomic E-state index is 12.5. The third-order valence-corrected chi connectivity index (χ3v) is 2.94. The Morgan fingerprint density at radius 3 is 2.79 bits per heavy atom. The SMILES string of the molecule is FC(F)c1noc(-c2c(Cl)ccc3ccncc23)n1. The zero-order valence-corrected chi connectivity index (χ0v) is 10.1. The van der Waals surface area contributed by atoms with Crippen LogP contribution in [0.25, 0.3) is 22.2 Å². The summed E-state index contributed by atoms with van der Waals surface area (Å²) in [5.41, 5.74) is 0.409. The lowest BCUT2D eigenvalue weighted by molar-refractivity contribution is 0.136. The van der Waals surface area contributed by atoms with Gasteiger partial charge in [-0.3, -0.25) is 4.98 Å². The second-order valence-corrected chi connectivity index (χ2v) is 4.18. The topological polar surface area (TPSA) is 51.8 Å². The van der Waals surface area contributed by atoms with Gasteiger partial charge in [0.15, 0.2) is 0 Å². The van der Waals surface area contributed by atoms with E-state index < -0.39 is 12.2 Å². The number of nitrogens with zero attached hydrogens (tertiary/aromatic N) is 3. The number of pyridine rings is 1. The van der Waals surface area contributed by atoms with Gasteiger partial charge in [-0.15, -0.1) is 0 Å². The van der Waals surface area contributed by atoms with Gasteiger partial charge in [0.1, 0.15) is 0 Å². The second kappa shape index (κ2) is 4.55. The van der Waals surface area contributed by atoms with Crippen LogP contribution in [0.5, 0.6) is 0 Å². The fourth-order valence-corrected chi connectivity index (χ4v) is 2.02. The van der Waals surface area contributed by atoms with E-state index in [1.54, 1.807) is 30.6 Å². The van der Waals surface area contributed by atoms with Gasteiger partial charge in [-0.2, -0.15) is 4.98 Å². The molecule has 0 N–H and O–H groups in total. The van der Waals surface area contributed by atoms with Crippen molar-refractivity contribution in [2.45, 2.75) is 6.43 Å². The van der Waals surface area contributed by atoms with Gasteiger partial charge >= 0.3 is 6.43 Å². The van der Waals surface area contributed by atoms with Crippen molar-refractivity contribution in [2.24, 2.45) is 0 Å². The summed E-state index contributed by atoms with van der Waals surface area (Å²) in [5, 5.41) is 5.08. The first-order valence-electron chi connectivity index (χ1n) is 5.31. The standard InChI is InChI=1S/C12H6ClF2N3O/c13-8-2-1-6-3-4-16-5-7(6)9(8)12-17-11(10(14)15)18-19-12/h1-5,10H. The van der Waals surface area contributed by atoms with E-state index in [1.165, 1.54) is 0 Å². The summed E-state index contributed by atoms with van der Waals surface area (Å²) in [6, 6.07) is 5.22. The van der Waals surface area contributed by atoms with Gasteiger partial charge < -0.3 is 4.52 Å². The van der Waals surface area contributed by atoms with E-state index in [4.69, 9.17) is 16.1 Å². The average Bonchev–Trinajstić information content (AvgIpc) is 2.88. The molecule has 0 bridgehead atoms. The molecule has 7 heteroatoms. The van der Waals surface area contributed by atoms with Crippen LogP contribution in [0.3, 0.4) is 0 Å². The zero-order chi connectivity index (χ0) is 13.4. The molecule has 0 saturated heterocycles. The Kier molecular flexibility index (Phi) is 2.87. The summed E-state index contributed by atoms with van der Waals surface area (Å²) in [6.07, 6.45) is 0.408. The fourth-order valence-electron chi connectivity index (χ4n) is 1.78. The van der Waals surface area contributed by atoms with Crippen molar-refractivity contribution in [2.75, 3.05) is 0 Å². The van der Waals surface area contributed by atoms with Crippen LogP contribution in [0, 0.1) is 0 Å². The Morgan fingerprint density at radius 2 is 2.05 bits per heavy atom. The molecule has 0 saturated carbocycles. The van der Waals surface area contributed by atoms with E-state index in [-0.39, 0.29) is 5.89 Å². The first-order valence-corrected chi connectivity index (χ1v) is 5.69. The number of fused-ring (bicyclic) bond motifs is 1. The van der Waals surface area contributed by atoms with Crippen molar-refractivity contribution < 1.29 is 13.3 Å². The van der Waals surface area contributed by atoms with Crippen LogP contribution < -0.4 is 0 Å². The van der Waals surface area contributed by atoms with E-state index >= 15 is 0 Å². The molecule has 0 unspecified atom stereocenters. The quantitative estimate of drug-likeness (QED) is 0.715. The Bertz CT molecular complexity index is 745. The fraction of sp³-hybridized carbons (Fsp3) is 0.0833. The van der Waals surface area contributed by atoms with Crippen molar-refractivity contribution in [1.29, 1.82) is 0 Å². The zero-order valence-electron chi connectivity index (χ0n) is 9.35. The predicted molar refractivity (Wildman–Crippen MR) is 65.0 cm³/mol. The van der Waals surface area contributed by atoms with Crippen molar-refractivity contribution in [3.8, 4) is 11.5 Å². The van der Waals surface area contributed by atoms with E-state index in [1.807, 2.05) is 0 Å². The molecule has 0 fully saturated rings. The Balaban J connectivity index is 2.25. The molecule has 19 heavy (non-hydrogen) atoms.